The standard InChI is InChI=1S/C15H31NO/c1-5-10-16-11-15(3,4)12-17-14-8-6-13(2)7-9-14/h13-14,16H,5-12H2,1-4H3. The Morgan fingerprint density at radius 3 is 2.41 bits per heavy atom. The Labute approximate surface area is 108 Å². The second-order valence-corrected chi connectivity index (χ2v) is 6.53. The van der Waals surface area contributed by atoms with Crippen LogP contribution in [0.15, 0.2) is 0 Å². The molecule has 0 amide bonds. The lowest BCUT2D eigenvalue weighted by molar-refractivity contribution is -0.0201. The molecule has 0 bridgehead atoms. The number of hydrogen-bond acceptors (Lipinski definition) is 2. The van der Waals surface area contributed by atoms with Crippen molar-refractivity contribution >= 4 is 0 Å². The van der Waals surface area contributed by atoms with Crippen LogP contribution in [0, 0.1) is 11.3 Å². The Hall–Kier alpha value is -0.0800. The van der Waals surface area contributed by atoms with E-state index in [1.165, 1.54) is 32.1 Å². The summed E-state index contributed by atoms with van der Waals surface area (Å²) in [6.07, 6.45) is 6.95. The predicted octanol–water partition coefficient (Wildman–Crippen LogP) is 3.61. The number of ether oxygens (including phenoxy) is 1. The molecule has 17 heavy (non-hydrogen) atoms. The van der Waals surface area contributed by atoms with Gasteiger partial charge in [0, 0.05) is 12.0 Å². The fourth-order valence-electron chi connectivity index (χ4n) is 2.39. The maximum atomic E-state index is 6.09. The molecule has 1 N–H and O–H groups in total. The number of nitrogens with one attached hydrogen (secondary N) is 1. The minimum atomic E-state index is 0.262. The van der Waals surface area contributed by atoms with Crippen LogP contribution in [-0.4, -0.2) is 25.8 Å². The van der Waals surface area contributed by atoms with E-state index in [0.717, 1.165) is 25.6 Å². The van der Waals surface area contributed by atoms with Gasteiger partial charge in [0.2, 0.25) is 0 Å². The highest BCUT2D eigenvalue weighted by Crippen LogP contribution is 2.27. The van der Waals surface area contributed by atoms with Crippen LogP contribution >= 0.6 is 0 Å². The van der Waals surface area contributed by atoms with Crippen LogP contribution in [-0.2, 0) is 4.74 Å². The summed E-state index contributed by atoms with van der Waals surface area (Å²) in [4.78, 5) is 0. The molecule has 0 unspecified atom stereocenters. The molecule has 1 saturated carbocycles. The maximum absolute atomic E-state index is 6.09. The molecular weight excluding hydrogens is 210 g/mol. The summed E-state index contributed by atoms with van der Waals surface area (Å²) in [5, 5.41) is 3.49. The lowest BCUT2D eigenvalue weighted by Gasteiger charge is -2.31. The van der Waals surface area contributed by atoms with Gasteiger partial charge in [-0.05, 0) is 44.6 Å². The van der Waals surface area contributed by atoms with Crippen molar-refractivity contribution in [3.63, 3.8) is 0 Å². The molecule has 2 nitrogen and oxygen atoms in total. The maximum Gasteiger partial charge on any atom is 0.0575 e. The van der Waals surface area contributed by atoms with Gasteiger partial charge in [0.15, 0.2) is 0 Å². The second-order valence-electron chi connectivity index (χ2n) is 6.53. The zero-order valence-corrected chi connectivity index (χ0v) is 12.2. The van der Waals surface area contributed by atoms with E-state index in [9.17, 15) is 0 Å². The van der Waals surface area contributed by atoms with E-state index in [4.69, 9.17) is 4.74 Å². The Morgan fingerprint density at radius 1 is 1.18 bits per heavy atom. The Balaban J connectivity index is 2.15. The van der Waals surface area contributed by atoms with E-state index in [0.29, 0.717) is 6.10 Å². The SMILES string of the molecule is CCCNCC(C)(C)COC1CCC(C)CC1. The molecule has 1 aliphatic carbocycles. The first-order valence-corrected chi connectivity index (χ1v) is 7.36. The molecule has 0 heterocycles. The van der Waals surface area contributed by atoms with Crippen molar-refractivity contribution in [2.75, 3.05) is 19.7 Å². The zero-order chi connectivity index (χ0) is 12.7. The van der Waals surface area contributed by atoms with Crippen molar-refractivity contribution in [1.29, 1.82) is 0 Å². The number of hydrogen-bond donors (Lipinski definition) is 1. The molecule has 0 radical (unpaired) electrons. The van der Waals surface area contributed by atoms with Gasteiger partial charge in [-0.25, -0.2) is 0 Å². The van der Waals surface area contributed by atoms with Gasteiger partial charge in [-0.3, -0.25) is 0 Å². The highest BCUT2D eigenvalue weighted by molar-refractivity contribution is 4.74. The molecule has 1 aliphatic rings. The number of rotatable bonds is 7. The molecule has 0 saturated heterocycles. The molecule has 0 aliphatic heterocycles. The van der Waals surface area contributed by atoms with Gasteiger partial charge in [0.25, 0.3) is 0 Å². The monoisotopic (exact) mass is 241 g/mol. The van der Waals surface area contributed by atoms with E-state index >= 15 is 0 Å². The Morgan fingerprint density at radius 2 is 1.82 bits per heavy atom. The molecule has 102 valence electrons. The van der Waals surface area contributed by atoms with Crippen molar-refractivity contribution in [3.05, 3.63) is 0 Å². The van der Waals surface area contributed by atoms with Gasteiger partial charge >= 0.3 is 0 Å². The van der Waals surface area contributed by atoms with E-state index < -0.39 is 0 Å². The molecule has 0 aromatic rings. The normalized spacial score (nSPS) is 26.1. The van der Waals surface area contributed by atoms with E-state index in [2.05, 4.69) is 33.0 Å². The Bertz CT molecular complexity index is 195. The minimum absolute atomic E-state index is 0.262. The van der Waals surface area contributed by atoms with Crippen molar-refractivity contribution < 1.29 is 4.74 Å². The molecule has 2 heteroatoms. The van der Waals surface area contributed by atoms with Gasteiger partial charge in [0.1, 0.15) is 0 Å². The Kier molecular flexibility index (Phi) is 6.50. The predicted molar refractivity (Wildman–Crippen MR) is 74.3 cm³/mol. The first kappa shape index (κ1) is 15.0. The summed E-state index contributed by atoms with van der Waals surface area (Å²) >= 11 is 0. The third kappa shape index (κ3) is 6.42. The van der Waals surface area contributed by atoms with Crippen LogP contribution in [0.25, 0.3) is 0 Å². The van der Waals surface area contributed by atoms with Crippen molar-refractivity contribution in [3.8, 4) is 0 Å². The van der Waals surface area contributed by atoms with Gasteiger partial charge in [-0.1, -0.05) is 27.7 Å². The molecule has 0 atom stereocenters. The third-order valence-electron chi connectivity index (χ3n) is 3.70. The smallest absolute Gasteiger partial charge is 0.0575 e. The first-order chi connectivity index (χ1) is 8.03. The third-order valence-corrected chi connectivity index (χ3v) is 3.70. The highest BCUT2D eigenvalue weighted by atomic mass is 16.5. The van der Waals surface area contributed by atoms with E-state index in [1.54, 1.807) is 0 Å². The van der Waals surface area contributed by atoms with Gasteiger partial charge < -0.3 is 10.1 Å². The van der Waals surface area contributed by atoms with Crippen LogP contribution in [0.3, 0.4) is 0 Å². The van der Waals surface area contributed by atoms with Gasteiger partial charge in [0.05, 0.1) is 12.7 Å². The summed E-state index contributed by atoms with van der Waals surface area (Å²) in [7, 11) is 0. The minimum Gasteiger partial charge on any atom is -0.378 e. The van der Waals surface area contributed by atoms with Crippen molar-refractivity contribution in [2.45, 2.75) is 65.9 Å². The largest absolute Gasteiger partial charge is 0.378 e. The summed E-state index contributed by atoms with van der Waals surface area (Å²) < 4.78 is 6.09. The van der Waals surface area contributed by atoms with Crippen LogP contribution in [0.5, 0.6) is 0 Å². The van der Waals surface area contributed by atoms with Crippen molar-refractivity contribution in [2.24, 2.45) is 11.3 Å². The molecular formula is C15H31NO. The van der Waals surface area contributed by atoms with Crippen LogP contribution in [0.1, 0.15) is 59.8 Å². The van der Waals surface area contributed by atoms with Crippen LogP contribution in [0.2, 0.25) is 0 Å². The fourth-order valence-corrected chi connectivity index (χ4v) is 2.39. The van der Waals surface area contributed by atoms with E-state index in [-0.39, 0.29) is 5.41 Å². The lowest BCUT2D eigenvalue weighted by atomic mass is 9.88. The molecule has 0 aromatic heterocycles. The summed E-state index contributed by atoms with van der Waals surface area (Å²) in [5.74, 6) is 0.911. The summed E-state index contributed by atoms with van der Waals surface area (Å²) in [6.45, 7) is 12.2. The van der Waals surface area contributed by atoms with Gasteiger partial charge in [-0.15, -0.1) is 0 Å². The molecule has 1 fully saturated rings. The van der Waals surface area contributed by atoms with Crippen LogP contribution < -0.4 is 5.32 Å². The van der Waals surface area contributed by atoms with Gasteiger partial charge in [-0.2, -0.15) is 0 Å². The molecule has 0 spiro atoms. The molecule has 0 aromatic carbocycles. The quantitative estimate of drug-likeness (QED) is 0.688. The first-order valence-electron chi connectivity index (χ1n) is 7.36. The summed E-state index contributed by atoms with van der Waals surface area (Å²) in [5.41, 5.74) is 0.262. The second kappa shape index (κ2) is 7.38. The lowest BCUT2D eigenvalue weighted by Crippen LogP contribution is -2.35. The average Bonchev–Trinajstić information content (AvgIpc) is 2.29. The summed E-state index contributed by atoms with van der Waals surface area (Å²) in [6, 6.07) is 0. The fraction of sp³-hybridized carbons (Fsp3) is 1.00. The van der Waals surface area contributed by atoms with E-state index in [1.807, 2.05) is 0 Å². The topological polar surface area (TPSA) is 21.3 Å². The zero-order valence-electron chi connectivity index (χ0n) is 12.2. The van der Waals surface area contributed by atoms with Crippen molar-refractivity contribution in [1.82, 2.24) is 5.32 Å². The van der Waals surface area contributed by atoms with Crippen LogP contribution in [0.4, 0.5) is 0 Å². The highest BCUT2D eigenvalue weighted by Gasteiger charge is 2.23. The molecule has 1 rings (SSSR count). The average molecular weight is 241 g/mol.